The van der Waals surface area contributed by atoms with Gasteiger partial charge in [0.05, 0.1) is 16.7 Å². The van der Waals surface area contributed by atoms with Crippen LogP contribution in [-0.4, -0.2) is 54.7 Å². The van der Waals surface area contributed by atoms with Crippen LogP contribution in [0.2, 0.25) is 10.0 Å². The van der Waals surface area contributed by atoms with Gasteiger partial charge in [-0.15, -0.1) is 0 Å². The molecule has 2 aromatic carbocycles. The van der Waals surface area contributed by atoms with Gasteiger partial charge in [-0.1, -0.05) is 29.8 Å². The van der Waals surface area contributed by atoms with E-state index in [2.05, 4.69) is 11.9 Å². The highest BCUT2D eigenvalue weighted by Crippen LogP contribution is 2.21. The third-order valence-corrected chi connectivity index (χ3v) is 4.87. The van der Waals surface area contributed by atoms with E-state index in [1.165, 1.54) is 29.2 Å². The van der Waals surface area contributed by atoms with Crippen LogP contribution in [0.4, 0.5) is 8.78 Å². The molecule has 0 aliphatic carbocycles. The lowest BCUT2D eigenvalue weighted by atomic mass is 10.2. The summed E-state index contributed by atoms with van der Waals surface area (Å²) >= 11 is 11.2. The van der Waals surface area contributed by atoms with Crippen LogP contribution in [0.3, 0.4) is 0 Å². The normalized spacial score (nSPS) is 10.5. The second kappa shape index (κ2) is 13.0. The molecule has 0 fully saturated rings. The van der Waals surface area contributed by atoms with Crippen molar-refractivity contribution in [1.29, 1.82) is 0 Å². The molecule has 2 N–H and O–H groups in total. The number of hydrogen-bond donors (Lipinski definition) is 2. The number of benzene rings is 2. The molecule has 0 aliphatic rings. The smallest absolute Gasteiger partial charge is 0.264 e. The molecule has 33 heavy (non-hydrogen) atoms. The van der Waals surface area contributed by atoms with Gasteiger partial charge in [-0.25, -0.2) is 8.78 Å². The van der Waals surface area contributed by atoms with Crippen LogP contribution in [-0.2, 0) is 9.59 Å². The van der Waals surface area contributed by atoms with E-state index in [0.29, 0.717) is 5.70 Å². The first kappa shape index (κ1) is 26.4. The number of carbonyl (C=O) groups is 2. The Bertz CT molecular complexity index is 1010. The Kier molecular flexibility index (Phi) is 10.4. The minimum atomic E-state index is -0.681. The molecule has 0 aromatic heterocycles. The standard InChI is InChI=1S/C22H22Cl2F2N2O5/c1-14(6-7-27-21(30)12-32-15-2-4-17(23)19(25)10-15)28(8-9-29)22(31)13-33-16-3-5-18(24)20(26)11-16/h2-5,10-11,29H,1,6-9,12-13H2,(H,27,30). The molecule has 0 atom stereocenters. The summed E-state index contributed by atoms with van der Waals surface area (Å²) in [6, 6.07) is 7.58. The monoisotopic (exact) mass is 502 g/mol. The van der Waals surface area contributed by atoms with E-state index < -0.39 is 30.1 Å². The predicted octanol–water partition coefficient (Wildman–Crippen LogP) is 3.57. The summed E-state index contributed by atoms with van der Waals surface area (Å²) in [6.45, 7) is 2.82. The molecule has 0 unspecified atom stereocenters. The molecule has 2 rings (SSSR count). The molecule has 178 valence electrons. The first-order chi connectivity index (χ1) is 15.7. The van der Waals surface area contributed by atoms with E-state index in [0.717, 1.165) is 12.1 Å². The van der Waals surface area contributed by atoms with Crippen molar-refractivity contribution < 1.29 is 33.0 Å². The van der Waals surface area contributed by atoms with Gasteiger partial charge in [0.2, 0.25) is 0 Å². The van der Waals surface area contributed by atoms with Crippen molar-refractivity contribution in [2.75, 3.05) is 32.9 Å². The van der Waals surface area contributed by atoms with E-state index in [1.807, 2.05) is 0 Å². The molecule has 0 aliphatic heterocycles. The summed E-state index contributed by atoms with van der Waals surface area (Å²) in [6.07, 6.45) is 0.197. The van der Waals surface area contributed by atoms with Crippen molar-refractivity contribution in [3.63, 3.8) is 0 Å². The van der Waals surface area contributed by atoms with Gasteiger partial charge >= 0.3 is 0 Å². The van der Waals surface area contributed by atoms with Crippen LogP contribution in [0.15, 0.2) is 48.7 Å². The number of nitrogens with zero attached hydrogens (tertiary/aromatic N) is 1. The van der Waals surface area contributed by atoms with E-state index in [9.17, 15) is 23.5 Å². The molecular formula is C22H22Cl2F2N2O5. The number of hydrogen-bond acceptors (Lipinski definition) is 5. The molecule has 0 bridgehead atoms. The van der Waals surface area contributed by atoms with Crippen LogP contribution in [0.5, 0.6) is 11.5 Å². The van der Waals surface area contributed by atoms with Crippen LogP contribution >= 0.6 is 23.2 Å². The van der Waals surface area contributed by atoms with Crippen molar-refractivity contribution in [3.8, 4) is 11.5 Å². The Morgan fingerprint density at radius 2 is 1.55 bits per heavy atom. The molecule has 7 nitrogen and oxygen atoms in total. The Labute approximate surface area is 199 Å². The van der Waals surface area contributed by atoms with E-state index in [1.54, 1.807) is 0 Å². The molecule has 2 amide bonds. The Hall–Kier alpha value is -2.88. The zero-order chi connectivity index (χ0) is 24.4. The number of ether oxygens (including phenoxy) is 2. The van der Waals surface area contributed by atoms with E-state index in [-0.39, 0.29) is 54.3 Å². The first-order valence-corrected chi connectivity index (χ1v) is 10.5. The van der Waals surface area contributed by atoms with Gasteiger partial charge in [0.25, 0.3) is 11.8 Å². The Balaban J connectivity index is 1.78. The highest BCUT2D eigenvalue weighted by Gasteiger charge is 2.17. The summed E-state index contributed by atoms with van der Waals surface area (Å²) in [5.41, 5.74) is 0.334. The number of aliphatic hydroxyl groups excluding tert-OH is 1. The summed E-state index contributed by atoms with van der Waals surface area (Å²) in [4.78, 5) is 25.6. The Morgan fingerprint density at radius 3 is 2.06 bits per heavy atom. The van der Waals surface area contributed by atoms with Gasteiger partial charge in [-0.2, -0.15) is 0 Å². The van der Waals surface area contributed by atoms with Crippen molar-refractivity contribution in [1.82, 2.24) is 10.2 Å². The number of rotatable bonds is 12. The third-order valence-electron chi connectivity index (χ3n) is 4.26. The lowest BCUT2D eigenvalue weighted by molar-refractivity contribution is -0.132. The predicted molar refractivity (Wildman–Crippen MR) is 119 cm³/mol. The van der Waals surface area contributed by atoms with Gasteiger partial charge in [0, 0.05) is 37.3 Å². The molecule has 0 spiro atoms. The van der Waals surface area contributed by atoms with Crippen LogP contribution in [0.25, 0.3) is 0 Å². The highest BCUT2D eigenvalue weighted by molar-refractivity contribution is 6.31. The largest absolute Gasteiger partial charge is 0.484 e. The van der Waals surface area contributed by atoms with Crippen LogP contribution in [0, 0.1) is 11.6 Å². The fourth-order valence-corrected chi connectivity index (χ4v) is 2.83. The summed E-state index contributed by atoms with van der Waals surface area (Å²) in [5, 5.41) is 11.7. The molecule has 11 heteroatoms. The van der Waals surface area contributed by atoms with Gasteiger partial charge in [-0.3, -0.25) is 9.59 Å². The molecule has 2 aromatic rings. The summed E-state index contributed by atoms with van der Waals surface area (Å²) < 4.78 is 37.3. The zero-order valence-corrected chi connectivity index (χ0v) is 19.0. The molecular weight excluding hydrogens is 481 g/mol. The summed E-state index contributed by atoms with van der Waals surface area (Å²) in [5.74, 6) is -2.05. The van der Waals surface area contributed by atoms with Crippen LogP contribution in [0.1, 0.15) is 6.42 Å². The fraction of sp³-hybridized carbons (Fsp3) is 0.273. The minimum absolute atomic E-state index is 0.0325. The van der Waals surface area contributed by atoms with Crippen molar-refractivity contribution >= 4 is 35.0 Å². The second-order valence-electron chi connectivity index (χ2n) is 6.66. The first-order valence-electron chi connectivity index (χ1n) is 9.72. The maximum Gasteiger partial charge on any atom is 0.264 e. The average Bonchev–Trinajstić information content (AvgIpc) is 2.78. The fourth-order valence-electron chi connectivity index (χ4n) is 2.60. The highest BCUT2D eigenvalue weighted by atomic mass is 35.5. The molecule has 0 radical (unpaired) electrons. The molecule has 0 saturated heterocycles. The number of amides is 2. The molecule has 0 heterocycles. The lowest BCUT2D eigenvalue weighted by Crippen LogP contribution is -2.37. The number of carbonyl (C=O) groups excluding carboxylic acids is 2. The van der Waals surface area contributed by atoms with E-state index in [4.69, 9.17) is 32.7 Å². The van der Waals surface area contributed by atoms with Gasteiger partial charge in [-0.05, 0) is 24.3 Å². The topological polar surface area (TPSA) is 88.1 Å². The number of nitrogens with one attached hydrogen (secondary N) is 1. The van der Waals surface area contributed by atoms with Crippen molar-refractivity contribution in [2.45, 2.75) is 6.42 Å². The Morgan fingerprint density at radius 1 is 1.00 bits per heavy atom. The zero-order valence-electron chi connectivity index (χ0n) is 17.5. The summed E-state index contributed by atoms with van der Waals surface area (Å²) in [7, 11) is 0. The second-order valence-corrected chi connectivity index (χ2v) is 7.48. The van der Waals surface area contributed by atoms with Crippen molar-refractivity contribution in [2.24, 2.45) is 0 Å². The maximum atomic E-state index is 13.5. The number of halogens is 4. The third kappa shape index (κ3) is 8.53. The SMILES string of the molecule is C=C(CCNC(=O)COc1ccc(Cl)c(F)c1)N(CCO)C(=O)COc1ccc(Cl)c(F)c1. The quantitative estimate of drug-likeness (QED) is 0.463. The van der Waals surface area contributed by atoms with Crippen molar-refractivity contribution in [3.05, 3.63) is 70.4 Å². The average molecular weight is 503 g/mol. The van der Waals surface area contributed by atoms with Gasteiger partial charge in [0.15, 0.2) is 13.2 Å². The maximum absolute atomic E-state index is 13.5. The number of aliphatic hydroxyl groups is 1. The van der Waals surface area contributed by atoms with E-state index >= 15 is 0 Å². The minimum Gasteiger partial charge on any atom is -0.484 e. The lowest BCUT2D eigenvalue weighted by Gasteiger charge is -2.24. The van der Waals surface area contributed by atoms with Gasteiger partial charge in [0.1, 0.15) is 23.1 Å². The molecule has 0 saturated carbocycles. The van der Waals surface area contributed by atoms with Crippen LogP contribution < -0.4 is 14.8 Å². The van der Waals surface area contributed by atoms with Gasteiger partial charge < -0.3 is 24.8 Å².